The maximum Gasteiger partial charge on any atom is 0.164 e. The number of nitrogens with zero attached hydrogens (tertiary/aromatic N) is 2. The van der Waals surface area contributed by atoms with E-state index < -0.39 is 0 Å². The normalized spacial score (nSPS) is 10.7. The summed E-state index contributed by atoms with van der Waals surface area (Å²) in [6.07, 6.45) is 1.85. The molecule has 106 valence electrons. The average molecular weight is 356 g/mol. The molecule has 20 heavy (non-hydrogen) atoms. The monoisotopic (exact) mass is 354 g/mol. The molecule has 1 heterocycles. The summed E-state index contributed by atoms with van der Waals surface area (Å²) in [5.41, 5.74) is 2.90. The third-order valence-corrected chi connectivity index (χ3v) is 4.30. The average Bonchev–Trinajstić information content (AvgIpc) is 2.43. The van der Waals surface area contributed by atoms with Crippen molar-refractivity contribution >= 4 is 27.5 Å². The highest BCUT2D eigenvalue weighted by Gasteiger charge is 2.14. The van der Waals surface area contributed by atoms with E-state index >= 15 is 0 Å². The van der Waals surface area contributed by atoms with E-state index in [-0.39, 0.29) is 0 Å². The number of halogens is 2. The van der Waals surface area contributed by atoms with E-state index in [0.29, 0.717) is 11.0 Å². The molecular formula is C15H16BrClN2O. The number of ether oxygens (including phenoxy) is 1. The maximum atomic E-state index is 6.19. The molecule has 3 nitrogen and oxygen atoms in total. The van der Waals surface area contributed by atoms with Gasteiger partial charge < -0.3 is 4.74 Å². The van der Waals surface area contributed by atoms with Gasteiger partial charge in [-0.15, -0.1) is 0 Å². The summed E-state index contributed by atoms with van der Waals surface area (Å²) < 4.78 is 6.19. The summed E-state index contributed by atoms with van der Waals surface area (Å²) in [6.45, 7) is 4.12. The first-order valence-electron chi connectivity index (χ1n) is 6.43. The lowest BCUT2D eigenvalue weighted by Crippen LogP contribution is -2.00. The Bertz CT molecular complexity index is 632. The van der Waals surface area contributed by atoms with Crippen LogP contribution in [0.1, 0.15) is 24.6 Å². The molecule has 2 rings (SSSR count). The van der Waals surface area contributed by atoms with E-state index in [4.69, 9.17) is 16.3 Å². The fourth-order valence-electron chi connectivity index (χ4n) is 1.97. The van der Waals surface area contributed by atoms with Gasteiger partial charge in [0.2, 0.25) is 0 Å². The van der Waals surface area contributed by atoms with Crippen LogP contribution in [0, 0.1) is 6.92 Å². The number of aromatic nitrogens is 2. The van der Waals surface area contributed by atoms with Crippen LogP contribution in [0.15, 0.2) is 22.7 Å². The Kier molecular flexibility index (Phi) is 5.00. The summed E-state index contributed by atoms with van der Waals surface area (Å²) in [6, 6.07) is 5.94. The smallest absolute Gasteiger partial charge is 0.164 e. The zero-order chi connectivity index (χ0) is 14.7. The summed E-state index contributed by atoms with van der Waals surface area (Å²) in [4.78, 5) is 8.96. The zero-order valence-electron chi connectivity index (χ0n) is 11.7. The molecule has 0 bridgehead atoms. The number of hydrogen-bond acceptors (Lipinski definition) is 3. The lowest BCUT2D eigenvalue weighted by molar-refractivity contribution is 0.416. The molecular weight excluding hydrogens is 340 g/mol. The second-order valence-corrected chi connectivity index (χ2v) is 5.70. The number of benzene rings is 1. The van der Waals surface area contributed by atoms with E-state index in [2.05, 4.69) is 32.8 Å². The van der Waals surface area contributed by atoms with Crippen LogP contribution in [0.3, 0.4) is 0 Å². The van der Waals surface area contributed by atoms with Crippen LogP contribution in [0.2, 0.25) is 5.15 Å². The molecule has 5 heteroatoms. The Morgan fingerprint density at radius 1 is 1.30 bits per heavy atom. The molecule has 2 aromatic rings. The van der Waals surface area contributed by atoms with Crippen molar-refractivity contribution in [2.45, 2.75) is 26.7 Å². The van der Waals surface area contributed by atoms with Gasteiger partial charge in [-0.05, 0) is 47.0 Å². The van der Waals surface area contributed by atoms with Crippen LogP contribution < -0.4 is 4.74 Å². The van der Waals surface area contributed by atoms with E-state index in [9.17, 15) is 0 Å². The fraction of sp³-hybridized carbons (Fsp3) is 0.333. The van der Waals surface area contributed by atoms with Gasteiger partial charge in [0.05, 0.1) is 22.8 Å². The molecule has 0 spiro atoms. The van der Waals surface area contributed by atoms with Gasteiger partial charge in [0, 0.05) is 0 Å². The minimum atomic E-state index is 0.432. The summed E-state index contributed by atoms with van der Waals surface area (Å²) >= 11 is 9.64. The third-order valence-electron chi connectivity index (χ3n) is 2.96. The van der Waals surface area contributed by atoms with Gasteiger partial charge in [0.1, 0.15) is 10.9 Å². The van der Waals surface area contributed by atoms with E-state index in [1.807, 2.05) is 25.1 Å². The van der Waals surface area contributed by atoms with E-state index in [1.54, 1.807) is 7.11 Å². The van der Waals surface area contributed by atoms with Crippen LogP contribution in [0.25, 0.3) is 11.4 Å². The van der Waals surface area contributed by atoms with Crippen LogP contribution in [0.5, 0.6) is 5.75 Å². The van der Waals surface area contributed by atoms with Gasteiger partial charge in [-0.1, -0.05) is 31.0 Å². The molecule has 1 aromatic heterocycles. The van der Waals surface area contributed by atoms with E-state index in [0.717, 1.165) is 39.9 Å². The number of rotatable bonds is 4. The van der Waals surface area contributed by atoms with Crippen molar-refractivity contribution < 1.29 is 4.74 Å². The number of methoxy groups -OCH3 is 1. The second-order valence-electron chi connectivity index (χ2n) is 4.55. The molecule has 0 aliphatic carbocycles. The third kappa shape index (κ3) is 3.13. The predicted molar refractivity (Wildman–Crippen MR) is 85.5 cm³/mol. The molecule has 0 unspecified atom stereocenters. The first-order chi connectivity index (χ1) is 9.56. The van der Waals surface area contributed by atoms with Gasteiger partial charge in [-0.2, -0.15) is 0 Å². The highest BCUT2D eigenvalue weighted by atomic mass is 79.9. The molecule has 0 radical (unpaired) electrons. The minimum absolute atomic E-state index is 0.432. The quantitative estimate of drug-likeness (QED) is 0.737. The molecule has 0 aliphatic heterocycles. The van der Waals surface area contributed by atoms with Gasteiger partial charge in [-0.25, -0.2) is 9.97 Å². The molecule has 0 saturated carbocycles. The van der Waals surface area contributed by atoms with Crippen molar-refractivity contribution in [2.75, 3.05) is 7.11 Å². The van der Waals surface area contributed by atoms with Crippen LogP contribution in [-0.4, -0.2) is 17.1 Å². The Hall–Kier alpha value is -1.13. The fourth-order valence-corrected chi connectivity index (χ4v) is 2.53. The topological polar surface area (TPSA) is 35.0 Å². The molecule has 0 saturated heterocycles. The van der Waals surface area contributed by atoms with Crippen LogP contribution >= 0.6 is 27.5 Å². The first-order valence-corrected chi connectivity index (χ1v) is 7.60. The zero-order valence-corrected chi connectivity index (χ0v) is 14.0. The van der Waals surface area contributed by atoms with Gasteiger partial charge in [0.15, 0.2) is 5.82 Å². The van der Waals surface area contributed by atoms with Crippen molar-refractivity contribution in [3.63, 3.8) is 0 Å². The Balaban J connectivity index is 2.58. The Labute approximate surface area is 132 Å². The predicted octanol–water partition coefficient (Wildman–Crippen LogP) is 4.83. The number of hydrogen-bond donors (Lipinski definition) is 0. The first kappa shape index (κ1) is 15.3. The second kappa shape index (κ2) is 6.55. The molecule has 0 aliphatic rings. The van der Waals surface area contributed by atoms with Crippen molar-refractivity contribution in [1.82, 2.24) is 9.97 Å². The molecule has 0 fully saturated rings. The van der Waals surface area contributed by atoms with Crippen molar-refractivity contribution in [1.29, 1.82) is 0 Å². The van der Waals surface area contributed by atoms with Crippen LogP contribution in [0.4, 0.5) is 0 Å². The molecule has 1 aromatic carbocycles. The standard InChI is InChI=1S/C15H16BrClN2O/c1-4-5-11-13(16)14(17)19-15(18-11)10-7-6-9(2)8-12(10)20-3/h6-8H,4-5H2,1-3H3. The Morgan fingerprint density at radius 3 is 2.70 bits per heavy atom. The van der Waals surface area contributed by atoms with Gasteiger partial charge in [0.25, 0.3) is 0 Å². The van der Waals surface area contributed by atoms with E-state index in [1.165, 1.54) is 0 Å². The Morgan fingerprint density at radius 2 is 2.05 bits per heavy atom. The SMILES string of the molecule is CCCc1nc(-c2ccc(C)cc2OC)nc(Cl)c1Br. The maximum absolute atomic E-state index is 6.19. The highest BCUT2D eigenvalue weighted by molar-refractivity contribution is 9.10. The minimum Gasteiger partial charge on any atom is -0.496 e. The molecule has 0 atom stereocenters. The van der Waals surface area contributed by atoms with Gasteiger partial charge >= 0.3 is 0 Å². The summed E-state index contributed by atoms with van der Waals surface area (Å²) in [5.74, 6) is 1.35. The molecule has 0 N–H and O–H groups in total. The van der Waals surface area contributed by atoms with Crippen molar-refractivity contribution in [2.24, 2.45) is 0 Å². The number of aryl methyl sites for hydroxylation is 2. The largest absolute Gasteiger partial charge is 0.496 e. The van der Waals surface area contributed by atoms with Gasteiger partial charge in [-0.3, -0.25) is 0 Å². The molecule has 0 amide bonds. The summed E-state index contributed by atoms with van der Waals surface area (Å²) in [7, 11) is 1.64. The highest BCUT2D eigenvalue weighted by Crippen LogP contribution is 2.32. The lowest BCUT2D eigenvalue weighted by atomic mass is 10.1. The van der Waals surface area contributed by atoms with Crippen molar-refractivity contribution in [3.05, 3.63) is 39.1 Å². The van der Waals surface area contributed by atoms with Crippen molar-refractivity contribution in [3.8, 4) is 17.1 Å². The summed E-state index contributed by atoms with van der Waals surface area (Å²) in [5, 5.41) is 0.432. The lowest BCUT2D eigenvalue weighted by Gasteiger charge is -2.11. The van der Waals surface area contributed by atoms with Crippen LogP contribution in [-0.2, 0) is 6.42 Å².